The lowest BCUT2D eigenvalue weighted by Gasteiger charge is -2.37. The highest BCUT2D eigenvalue weighted by Crippen LogP contribution is 2.48. The summed E-state index contributed by atoms with van der Waals surface area (Å²) in [4.78, 5) is 0.0609. The molecule has 0 N–H and O–H groups in total. The Morgan fingerprint density at radius 2 is 1.46 bits per heavy atom. The van der Waals surface area contributed by atoms with Crippen molar-refractivity contribution in [2.75, 3.05) is 0 Å². The number of sulfonamides is 1. The Morgan fingerprint density at radius 1 is 0.811 bits per heavy atom. The monoisotopic (exact) mass is 527 g/mol. The van der Waals surface area contributed by atoms with Crippen LogP contribution in [0.1, 0.15) is 44.9 Å². The summed E-state index contributed by atoms with van der Waals surface area (Å²) in [5, 5.41) is 0.758. The average molecular weight is 528 g/mol. The van der Waals surface area contributed by atoms with Gasteiger partial charge in [-0.1, -0.05) is 35.9 Å². The lowest BCUT2D eigenvalue weighted by atomic mass is 9.94. The molecular weight excluding hydrogens is 498 g/mol. The van der Waals surface area contributed by atoms with E-state index < -0.39 is 52.3 Å². The van der Waals surface area contributed by atoms with E-state index in [4.69, 9.17) is 28.1 Å². The standard InChI is InChI=1S/C27H29NO8S/c1-15-10-12-17(13-11-15)37(29,30)28-24-18(14-16-8-6-7-9-19(16)31-24)20-21-22(34-26(2,3)33-21)23-25(32-20)36-27(4,5)35-23/h6-14,20-23,25H,1-5H3/b28-24+/t20-,21+,22+,23-,25-/m1/s1. The van der Waals surface area contributed by atoms with E-state index in [2.05, 4.69) is 4.40 Å². The molecule has 37 heavy (non-hydrogen) atoms. The summed E-state index contributed by atoms with van der Waals surface area (Å²) < 4.78 is 67.9. The van der Waals surface area contributed by atoms with Crippen molar-refractivity contribution in [2.24, 2.45) is 4.40 Å². The molecule has 9 nitrogen and oxygen atoms in total. The number of nitrogens with zero attached hydrogens (tertiary/aromatic N) is 1. The first-order valence-electron chi connectivity index (χ1n) is 12.2. The normalized spacial score (nSPS) is 30.8. The first-order valence-corrected chi connectivity index (χ1v) is 13.6. The van der Waals surface area contributed by atoms with Gasteiger partial charge in [0.25, 0.3) is 10.0 Å². The molecule has 10 heteroatoms. The van der Waals surface area contributed by atoms with Crippen LogP contribution in [-0.2, 0) is 33.7 Å². The summed E-state index contributed by atoms with van der Waals surface area (Å²) in [7, 11) is -4.09. The van der Waals surface area contributed by atoms with Crippen LogP contribution in [0.25, 0.3) is 11.0 Å². The largest absolute Gasteiger partial charge is 0.437 e. The minimum atomic E-state index is -4.09. The molecule has 4 heterocycles. The Hall–Kier alpha value is -2.60. The molecule has 0 amide bonds. The van der Waals surface area contributed by atoms with E-state index in [0.29, 0.717) is 11.1 Å². The number of rotatable bonds is 3. The summed E-state index contributed by atoms with van der Waals surface area (Å²) in [6.07, 6.45) is -3.22. The van der Waals surface area contributed by atoms with Crippen LogP contribution in [0, 0.1) is 6.92 Å². The molecule has 3 aliphatic rings. The zero-order valence-electron chi connectivity index (χ0n) is 21.2. The second kappa shape index (κ2) is 8.45. The zero-order valence-corrected chi connectivity index (χ0v) is 22.0. The van der Waals surface area contributed by atoms with E-state index in [1.807, 2.05) is 45.0 Å². The molecule has 0 spiro atoms. The Labute approximate surface area is 215 Å². The van der Waals surface area contributed by atoms with Crippen molar-refractivity contribution in [1.82, 2.24) is 0 Å². The number of aryl methyl sites for hydroxylation is 1. The predicted molar refractivity (Wildman–Crippen MR) is 132 cm³/mol. The van der Waals surface area contributed by atoms with Gasteiger partial charge in [0, 0.05) is 10.9 Å². The highest BCUT2D eigenvalue weighted by Gasteiger charge is 2.61. The van der Waals surface area contributed by atoms with E-state index in [1.54, 1.807) is 32.0 Å². The fraction of sp³-hybridized carbons (Fsp3) is 0.444. The predicted octanol–water partition coefficient (Wildman–Crippen LogP) is 4.10. The quantitative estimate of drug-likeness (QED) is 0.501. The van der Waals surface area contributed by atoms with Gasteiger partial charge in [0.1, 0.15) is 30.0 Å². The number of para-hydroxylation sites is 1. The molecule has 3 fully saturated rings. The number of fused-ring (bicyclic) bond motifs is 4. The second-order valence-electron chi connectivity index (χ2n) is 10.5. The fourth-order valence-electron chi connectivity index (χ4n) is 5.09. The molecule has 3 aromatic rings. The summed E-state index contributed by atoms with van der Waals surface area (Å²) in [6.45, 7) is 9.13. The lowest BCUT2D eigenvalue weighted by molar-refractivity contribution is -0.236. The third kappa shape index (κ3) is 4.52. The molecular formula is C27H29NO8S. The van der Waals surface area contributed by atoms with Gasteiger partial charge in [0.05, 0.1) is 4.90 Å². The Kier molecular flexibility index (Phi) is 5.65. The average Bonchev–Trinajstić information content (AvgIpc) is 3.32. The third-order valence-electron chi connectivity index (χ3n) is 6.67. The van der Waals surface area contributed by atoms with Gasteiger partial charge in [-0.2, -0.15) is 8.42 Å². The third-order valence-corrected chi connectivity index (χ3v) is 7.94. The van der Waals surface area contributed by atoms with Crippen LogP contribution >= 0.6 is 0 Å². The Morgan fingerprint density at radius 3 is 2.22 bits per heavy atom. The summed E-state index contributed by atoms with van der Waals surface area (Å²) in [6, 6.07) is 15.6. The summed E-state index contributed by atoms with van der Waals surface area (Å²) in [5.74, 6) is -1.80. The van der Waals surface area contributed by atoms with Crippen LogP contribution in [0.15, 0.2) is 68.3 Å². The van der Waals surface area contributed by atoms with Crippen LogP contribution < -0.4 is 5.55 Å². The molecule has 0 bridgehead atoms. The van der Waals surface area contributed by atoms with E-state index >= 15 is 0 Å². The number of hydrogen-bond donors (Lipinski definition) is 0. The van der Waals surface area contributed by atoms with Crippen LogP contribution in [0.2, 0.25) is 0 Å². The van der Waals surface area contributed by atoms with Crippen molar-refractivity contribution in [2.45, 2.75) is 81.8 Å². The van der Waals surface area contributed by atoms with Gasteiger partial charge < -0.3 is 28.1 Å². The van der Waals surface area contributed by atoms with Crippen LogP contribution in [0.5, 0.6) is 0 Å². The molecule has 0 saturated carbocycles. The minimum absolute atomic E-state index is 0.0609. The molecule has 6 rings (SSSR count). The highest BCUT2D eigenvalue weighted by molar-refractivity contribution is 7.90. The molecule has 0 unspecified atom stereocenters. The molecule has 3 saturated heterocycles. The van der Waals surface area contributed by atoms with Crippen molar-refractivity contribution >= 4 is 21.0 Å². The molecule has 5 atom stereocenters. The topological polar surface area (TPSA) is 106 Å². The lowest BCUT2D eigenvalue weighted by Crippen LogP contribution is -2.52. The van der Waals surface area contributed by atoms with Gasteiger partial charge in [0.15, 0.2) is 17.9 Å². The summed E-state index contributed by atoms with van der Waals surface area (Å²) in [5.41, 5.74) is 1.75. The fourth-order valence-corrected chi connectivity index (χ4v) is 6.04. The molecule has 1 aromatic heterocycles. The first-order chi connectivity index (χ1) is 17.4. The van der Waals surface area contributed by atoms with E-state index in [1.165, 1.54) is 12.1 Å². The van der Waals surface area contributed by atoms with Crippen molar-refractivity contribution < 1.29 is 36.5 Å². The minimum Gasteiger partial charge on any atom is -0.437 e. The smallest absolute Gasteiger partial charge is 0.285 e. The maximum atomic E-state index is 13.3. The van der Waals surface area contributed by atoms with Crippen molar-refractivity contribution in [3.63, 3.8) is 0 Å². The summed E-state index contributed by atoms with van der Waals surface area (Å²) >= 11 is 0. The van der Waals surface area contributed by atoms with E-state index in [9.17, 15) is 8.42 Å². The van der Waals surface area contributed by atoms with Gasteiger partial charge in [-0.15, -0.1) is 4.40 Å². The van der Waals surface area contributed by atoms with Crippen LogP contribution in [0.4, 0.5) is 0 Å². The maximum Gasteiger partial charge on any atom is 0.285 e. The van der Waals surface area contributed by atoms with E-state index in [-0.39, 0.29) is 10.4 Å². The number of hydrogen-bond acceptors (Lipinski definition) is 8. The Balaban J connectivity index is 1.52. The molecule has 3 aliphatic heterocycles. The highest BCUT2D eigenvalue weighted by atomic mass is 32.2. The van der Waals surface area contributed by atoms with Crippen molar-refractivity contribution in [1.29, 1.82) is 0 Å². The molecule has 196 valence electrons. The number of benzene rings is 2. The van der Waals surface area contributed by atoms with Gasteiger partial charge >= 0.3 is 0 Å². The van der Waals surface area contributed by atoms with Gasteiger partial charge in [-0.05, 0) is 58.9 Å². The molecule has 2 aromatic carbocycles. The van der Waals surface area contributed by atoms with Gasteiger partial charge in [0.2, 0.25) is 5.55 Å². The molecule has 0 radical (unpaired) electrons. The number of ether oxygens (including phenoxy) is 5. The molecule has 0 aliphatic carbocycles. The maximum absolute atomic E-state index is 13.3. The van der Waals surface area contributed by atoms with Crippen molar-refractivity contribution in [3.05, 3.63) is 71.3 Å². The van der Waals surface area contributed by atoms with E-state index in [0.717, 1.165) is 10.9 Å². The second-order valence-corrected chi connectivity index (χ2v) is 12.1. The van der Waals surface area contributed by atoms with Crippen molar-refractivity contribution in [3.8, 4) is 0 Å². The van der Waals surface area contributed by atoms with Gasteiger partial charge in [-0.3, -0.25) is 0 Å². The Bertz CT molecular complexity index is 1530. The van der Waals surface area contributed by atoms with Gasteiger partial charge in [-0.25, -0.2) is 0 Å². The first kappa shape index (κ1) is 24.7. The zero-order chi connectivity index (χ0) is 26.2. The SMILES string of the molecule is Cc1ccc(S(=O)(=O)/N=c2/oc3ccccc3cc2[C@H]2O[C@@H]3OC(C)(C)O[C@@H]3[C@H]3OC(C)(C)O[C@H]32)cc1. The van der Waals surface area contributed by atoms with Crippen LogP contribution in [0.3, 0.4) is 0 Å². The van der Waals surface area contributed by atoms with Crippen LogP contribution in [-0.4, -0.2) is 44.6 Å².